The van der Waals surface area contributed by atoms with Crippen molar-refractivity contribution in [2.45, 2.75) is 17.4 Å². The highest BCUT2D eigenvalue weighted by Crippen LogP contribution is 2.31. The number of aromatic nitrogens is 3. The highest BCUT2D eigenvalue weighted by atomic mass is 32.2. The lowest BCUT2D eigenvalue weighted by Crippen LogP contribution is -2.07. The second-order valence-corrected chi connectivity index (χ2v) is 6.11. The van der Waals surface area contributed by atoms with Gasteiger partial charge in [0.2, 0.25) is 0 Å². The van der Waals surface area contributed by atoms with Crippen LogP contribution < -0.4 is 0 Å². The number of thioether (sulfide) groups is 1. The Bertz CT molecular complexity index is 912. The Morgan fingerprint density at radius 1 is 1.12 bits per heavy atom. The van der Waals surface area contributed by atoms with Gasteiger partial charge in [0, 0.05) is 17.5 Å². The van der Waals surface area contributed by atoms with Crippen molar-refractivity contribution in [3.05, 3.63) is 59.3 Å². The van der Waals surface area contributed by atoms with Gasteiger partial charge in [-0.1, -0.05) is 11.8 Å². The maximum absolute atomic E-state index is 13.6. The lowest BCUT2D eigenvalue weighted by Gasteiger charge is -2.11. The van der Waals surface area contributed by atoms with Gasteiger partial charge in [0.05, 0.1) is 11.7 Å². The number of rotatable bonds is 4. The molecule has 4 nitrogen and oxygen atoms in total. The number of nitrogens with zero attached hydrogens (tertiary/aromatic N) is 3. The summed E-state index contributed by atoms with van der Waals surface area (Å²) < 4.78 is 66.3. The molecule has 0 amide bonds. The zero-order valence-electron chi connectivity index (χ0n) is 12.3. The Morgan fingerprint density at radius 2 is 1.88 bits per heavy atom. The standard InChI is InChI=1S/C15H10F5N3OS/c16-9-2-3-11(17)10(5-9)12(24)7-25-14-22-21-13-4-1-8(6-23(13)14)15(18,19)20/h1-6,12,24H,7H2/t12-/m0/s1. The molecule has 1 N–H and O–H groups in total. The molecule has 0 aliphatic carbocycles. The molecule has 25 heavy (non-hydrogen) atoms. The van der Waals surface area contributed by atoms with Gasteiger partial charge in [0.15, 0.2) is 10.8 Å². The van der Waals surface area contributed by atoms with Crippen molar-refractivity contribution in [3.63, 3.8) is 0 Å². The predicted octanol–water partition coefficient (Wildman–Crippen LogP) is 3.85. The summed E-state index contributed by atoms with van der Waals surface area (Å²) in [6.07, 6.45) is -5.05. The summed E-state index contributed by atoms with van der Waals surface area (Å²) in [7, 11) is 0. The van der Waals surface area contributed by atoms with E-state index in [1.807, 2.05) is 0 Å². The first-order chi connectivity index (χ1) is 11.8. The summed E-state index contributed by atoms with van der Waals surface area (Å²) in [5, 5.41) is 17.6. The van der Waals surface area contributed by atoms with Crippen LogP contribution in [0.25, 0.3) is 5.65 Å². The number of aliphatic hydroxyl groups excluding tert-OH is 1. The fraction of sp³-hybridized carbons (Fsp3) is 0.200. The molecule has 0 saturated carbocycles. The Balaban J connectivity index is 1.82. The molecule has 2 heterocycles. The van der Waals surface area contributed by atoms with E-state index >= 15 is 0 Å². The molecule has 0 unspecified atom stereocenters. The molecular weight excluding hydrogens is 365 g/mol. The maximum Gasteiger partial charge on any atom is 0.417 e. The van der Waals surface area contributed by atoms with Gasteiger partial charge in [0.1, 0.15) is 11.6 Å². The number of fused-ring (bicyclic) bond motifs is 1. The Morgan fingerprint density at radius 3 is 2.60 bits per heavy atom. The zero-order valence-corrected chi connectivity index (χ0v) is 13.2. The minimum Gasteiger partial charge on any atom is -0.387 e. The van der Waals surface area contributed by atoms with Crippen LogP contribution in [0.4, 0.5) is 22.0 Å². The average Bonchev–Trinajstić information content (AvgIpc) is 2.96. The molecule has 0 spiro atoms. The minimum absolute atomic E-state index is 0.0944. The van der Waals surface area contributed by atoms with Crippen LogP contribution in [0.2, 0.25) is 0 Å². The van der Waals surface area contributed by atoms with Gasteiger partial charge in [-0.2, -0.15) is 13.2 Å². The van der Waals surface area contributed by atoms with Crippen molar-refractivity contribution in [1.82, 2.24) is 14.6 Å². The van der Waals surface area contributed by atoms with Crippen LogP contribution >= 0.6 is 11.8 Å². The number of benzene rings is 1. The van der Waals surface area contributed by atoms with Crippen LogP contribution in [-0.2, 0) is 6.18 Å². The number of alkyl halides is 3. The topological polar surface area (TPSA) is 50.4 Å². The van der Waals surface area contributed by atoms with Crippen molar-refractivity contribution >= 4 is 17.4 Å². The van der Waals surface area contributed by atoms with Crippen LogP contribution in [0.3, 0.4) is 0 Å². The lowest BCUT2D eigenvalue weighted by molar-refractivity contribution is -0.137. The molecule has 0 saturated heterocycles. The first-order valence-electron chi connectivity index (χ1n) is 6.93. The molecule has 10 heteroatoms. The van der Waals surface area contributed by atoms with E-state index in [0.29, 0.717) is 0 Å². The van der Waals surface area contributed by atoms with E-state index < -0.39 is 29.5 Å². The van der Waals surface area contributed by atoms with Crippen LogP contribution in [0.15, 0.2) is 41.7 Å². The molecule has 0 radical (unpaired) electrons. The van der Waals surface area contributed by atoms with E-state index in [0.717, 1.165) is 46.6 Å². The van der Waals surface area contributed by atoms with E-state index in [-0.39, 0.29) is 22.1 Å². The SMILES string of the molecule is O[C@@H](CSc1nnc2ccc(C(F)(F)F)cn12)c1cc(F)ccc1F. The number of halogens is 5. The second-order valence-electron chi connectivity index (χ2n) is 5.12. The molecule has 3 rings (SSSR count). The maximum atomic E-state index is 13.6. The van der Waals surface area contributed by atoms with Crippen molar-refractivity contribution in [2.24, 2.45) is 0 Å². The Kier molecular flexibility index (Phi) is 4.65. The second kappa shape index (κ2) is 6.60. The number of hydrogen-bond acceptors (Lipinski definition) is 4. The van der Waals surface area contributed by atoms with Crippen LogP contribution in [0, 0.1) is 11.6 Å². The van der Waals surface area contributed by atoms with E-state index in [1.165, 1.54) is 6.07 Å². The number of aliphatic hydroxyl groups is 1. The predicted molar refractivity (Wildman–Crippen MR) is 80.0 cm³/mol. The molecule has 0 fully saturated rings. The van der Waals surface area contributed by atoms with Crippen LogP contribution in [0.5, 0.6) is 0 Å². The summed E-state index contributed by atoms with van der Waals surface area (Å²) in [5.74, 6) is -1.62. The fourth-order valence-electron chi connectivity index (χ4n) is 2.15. The summed E-state index contributed by atoms with van der Waals surface area (Å²) in [5.41, 5.74) is -0.919. The molecule has 0 aliphatic rings. The van der Waals surface area contributed by atoms with Crippen LogP contribution in [0.1, 0.15) is 17.2 Å². The fourth-order valence-corrected chi connectivity index (χ4v) is 3.02. The van der Waals surface area contributed by atoms with Gasteiger partial charge in [-0.3, -0.25) is 4.40 Å². The number of hydrogen-bond donors (Lipinski definition) is 1. The van der Waals surface area contributed by atoms with Crippen LogP contribution in [-0.4, -0.2) is 25.5 Å². The highest BCUT2D eigenvalue weighted by Gasteiger charge is 2.31. The highest BCUT2D eigenvalue weighted by molar-refractivity contribution is 7.99. The van der Waals surface area contributed by atoms with Crippen molar-refractivity contribution in [3.8, 4) is 0 Å². The molecule has 3 aromatic rings. The number of pyridine rings is 1. The van der Waals surface area contributed by atoms with Crippen molar-refractivity contribution in [2.75, 3.05) is 5.75 Å². The van der Waals surface area contributed by atoms with Gasteiger partial charge < -0.3 is 5.11 Å². The third kappa shape index (κ3) is 3.74. The smallest absolute Gasteiger partial charge is 0.387 e. The van der Waals surface area contributed by atoms with E-state index in [1.54, 1.807) is 0 Å². The van der Waals surface area contributed by atoms with Gasteiger partial charge in [0.25, 0.3) is 0 Å². The normalized spacial score (nSPS) is 13.4. The van der Waals surface area contributed by atoms with Crippen molar-refractivity contribution < 1.29 is 27.1 Å². The molecule has 0 aliphatic heterocycles. The molecular formula is C15H10F5N3OS. The van der Waals surface area contributed by atoms with E-state index in [9.17, 15) is 27.1 Å². The summed E-state index contributed by atoms with van der Waals surface area (Å²) in [6, 6.07) is 4.73. The van der Waals surface area contributed by atoms with Gasteiger partial charge in [-0.15, -0.1) is 10.2 Å². The van der Waals surface area contributed by atoms with Gasteiger partial charge in [-0.25, -0.2) is 8.78 Å². The van der Waals surface area contributed by atoms with E-state index in [2.05, 4.69) is 10.2 Å². The largest absolute Gasteiger partial charge is 0.417 e. The monoisotopic (exact) mass is 375 g/mol. The van der Waals surface area contributed by atoms with Crippen molar-refractivity contribution in [1.29, 1.82) is 0 Å². The minimum atomic E-state index is -4.52. The zero-order chi connectivity index (χ0) is 18.2. The quantitative estimate of drug-likeness (QED) is 0.556. The molecule has 0 bridgehead atoms. The van der Waals surface area contributed by atoms with Gasteiger partial charge in [-0.05, 0) is 30.3 Å². The lowest BCUT2D eigenvalue weighted by atomic mass is 10.1. The molecule has 132 valence electrons. The first-order valence-corrected chi connectivity index (χ1v) is 7.92. The Labute approximate surface area is 142 Å². The average molecular weight is 375 g/mol. The summed E-state index contributed by atoms with van der Waals surface area (Å²) >= 11 is 0.876. The third-order valence-electron chi connectivity index (χ3n) is 3.39. The summed E-state index contributed by atoms with van der Waals surface area (Å²) in [6.45, 7) is 0. The van der Waals surface area contributed by atoms with Gasteiger partial charge >= 0.3 is 6.18 Å². The third-order valence-corrected chi connectivity index (χ3v) is 4.40. The Hall–Kier alpha value is -2.20. The molecule has 1 aromatic carbocycles. The molecule has 2 aromatic heterocycles. The molecule has 1 atom stereocenters. The first kappa shape index (κ1) is 17.6. The van der Waals surface area contributed by atoms with E-state index in [4.69, 9.17) is 0 Å². The summed E-state index contributed by atoms with van der Waals surface area (Å²) in [4.78, 5) is 0.